The lowest BCUT2D eigenvalue weighted by atomic mass is 9.99. The van der Waals surface area contributed by atoms with Crippen molar-refractivity contribution in [2.45, 2.75) is 65.9 Å². The zero-order valence-corrected chi connectivity index (χ0v) is 17.5. The highest BCUT2D eigenvalue weighted by Gasteiger charge is 2.19. The summed E-state index contributed by atoms with van der Waals surface area (Å²) >= 11 is 0. The number of aliphatic carboxylic acids is 1. The third-order valence-corrected chi connectivity index (χ3v) is 5.02. The molecular weight excluding hydrogens is 374 g/mol. The molecule has 0 spiro atoms. The molecule has 0 aliphatic heterocycles. The van der Waals surface area contributed by atoms with Crippen molar-refractivity contribution < 1.29 is 23.8 Å². The van der Waals surface area contributed by atoms with Gasteiger partial charge < -0.3 is 19.6 Å². The second kappa shape index (κ2) is 10.1. The number of carbonyl (C=O) groups excluding carboxylic acids is 1. The fourth-order valence-corrected chi connectivity index (χ4v) is 3.27. The van der Waals surface area contributed by atoms with Crippen molar-refractivity contribution >= 4 is 22.8 Å². The van der Waals surface area contributed by atoms with Gasteiger partial charge >= 0.3 is 11.6 Å². The second-order valence-electron chi connectivity index (χ2n) is 7.24. The molecule has 7 nitrogen and oxygen atoms in total. The van der Waals surface area contributed by atoms with Crippen LogP contribution in [0.5, 0.6) is 5.75 Å². The number of nitrogens with one attached hydrogen (secondary N) is 1. The SMILES string of the molecule is CCCCCCc1c(C)c2ccc(OC(C)C(=O)NCC(=O)O)c(C)c2oc1=O. The van der Waals surface area contributed by atoms with E-state index in [-0.39, 0.29) is 5.63 Å². The monoisotopic (exact) mass is 403 g/mol. The maximum absolute atomic E-state index is 12.5. The van der Waals surface area contributed by atoms with Gasteiger partial charge in [-0.05, 0) is 51.3 Å². The minimum Gasteiger partial charge on any atom is -0.480 e. The molecule has 0 aliphatic rings. The minimum atomic E-state index is -1.13. The van der Waals surface area contributed by atoms with Gasteiger partial charge in [-0.15, -0.1) is 0 Å². The Labute approximate surface area is 170 Å². The maximum atomic E-state index is 12.5. The van der Waals surface area contributed by atoms with Gasteiger partial charge in [-0.3, -0.25) is 9.59 Å². The van der Waals surface area contributed by atoms with Crippen molar-refractivity contribution in [3.8, 4) is 5.75 Å². The summed E-state index contributed by atoms with van der Waals surface area (Å²) in [6.45, 7) is 6.90. The molecule has 0 saturated carbocycles. The van der Waals surface area contributed by atoms with Gasteiger partial charge in [-0.2, -0.15) is 0 Å². The molecule has 0 saturated heterocycles. The Kier molecular flexibility index (Phi) is 7.82. The summed E-state index contributed by atoms with van der Waals surface area (Å²) in [6, 6.07) is 3.57. The van der Waals surface area contributed by atoms with Gasteiger partial charge in [-0.25, -0.2) is 4.79 Å². The lowest BCUT2D eigenvalue weighted by Gasteiger charge is -2.17. The number of fused-ring (bicyclic) bond motifs is 1. The molecule has 2 aromatic rings. The predicted octanol–water partition coefficient (Wildman–Crippen LogP) is 3.50. The van der Waals surface area contributed by atoms with E-state index < -0.39 is 24.5 Å². The van der Waals surface area contributed by atoms with E-state index in [1.807, 2.05) is 13.0 Å². The van der Waals surface area contributed by atoms with Crippen LogP contribution < -0.4 is 15.7 Å². The van der Waals surface area contributed by atoms with Crippen LogP contribution in [0, 0.1) is 13.8 Å². The van der Waals surface area contributed by atoms with Crippen LogP contribution in [0.4, 0.5) is 0 Å². The molecule has 0 bridgehead atoms. The zero-order chi connectivity index (χ0) is 21.6. The second-order valence-corrected chi connectivity index (χ2v) is 7.24. The number of aryl methyl sites for hydroxylation is 2. The Morgan fingerprint density at radius 3 is 2.55 bits per heavy atom. The number of hydrogen-bond acceptors (Lipinski definition) is 5. The number of ether oxygens (including phenoxy) is 1. The lowest BCUT2D eigenvalue weighted by Crippen LogP contribution is -2.39. The van der Waals surface area contributed by atoms with Crippen LogP contribution in [0.15, 0.2) is 21.3 Å². The quantitative estimate of drug-likeness (QED) is 0.465. The van der Waals surface area contributed by atoms with E-state index in [9.17, 15) is 14.4 Å². The summed E-state index contributed by atoms with van der Waals surface area (Å²) in [5, 5.41) is 11.8. The average Bonchev–Trinajstić information content (AvgIpc) is 2.67. The summed E-state index contributed by atoms with van der Waals surface area (Å²) in [6.07, 6.45) is 4.13. The van der Waals surface area contributed by atoms with Crippen LogP contribution >= 0.6 is 0 Å². The number of carbonyl (C=O) groups is 2. The third-order valence-electron chi connectivity index (χ3n) is 5.02. The van der Waals surface area contributed by atoms with Crippen LogP contribution in [0.25, 0.3) is 11.0 Å². The number of hydrogen-bond donors (Lipinski definition) is 2. The van der Waals surface area contributed by atoms with E-state index in [1.54, 1.807) is 13.0 Å². The van der Waals surface area contributed by atoms with Crippen molar-refractivity contribution in [3.05, 3.63) is 39.2 Å². The van der Waals surface area contributed by atoms with Gasteiger partial charge in [0.15, 0.2) is 6.10 Å². The summed E-state index contributed by atoms with van der Waals surface area (Å²) in [5.41, 5.74) is 2.36. The molecular formula is C22H29NO6. The molecule has 1 aromatic carbocycles. The normalized spacial score (nSPS) is 12.0. The molecule has 7 heteroatoms. The Hall–Kier alpha value is -2.83. The van der Waals surface area contributed by atoms with Gasteiger partial charge in [0, 0.05) is 16.5 Å². The van der Waals surface area contributed by atoms with E-state index in [1.165, 1.54) is 6.92 Å². The van der Waals surface area contributed by atoms with Gasteiger partial charge in [0.1, 0.15) is 17.9 Å². The van der Waals surface area contributed by atoms with Crippen molar-refractivity contribution in [2.75, 3.05) is 6.54 Å². The first-order chi connectivity index (χ1) is 13.8. The molecule has 0 aliphatic carbocycles. The minimum absolute atomic E-state index is 0.334. The predicted molar refractivity (Wildman–Crippen MR) is 111 cm³/mol. The largest absolute Gasteiger partial charge is 0.480 e. The van der Waals surface area contributed by atoms with Gasteiger partial charge in [-0.1, -0.05) is 26.2 Å². The Balaban J connectivity index is 2.26. The molecule has 1 amide bonds. The van der Waals surface area contributed by atoms with Crippen LogP contribution in [-0.2, 0) is 16.0 Å². The first-order valence-corrected chi connectivity index (χ1v) is 9.98. The van der Waals surface area contributed by atoms with Gasteiger partial charge in [0.25, 0.3) is 5.91 Å². The van der Waals surface area contributed by atoms with Crippen LogP contribution in [0.3, 0.4) is 0 Å². The fourth-order valence-electron chi connectivity index (χ4n) is 3.27. The summed E-state index contributed by atoms with van der Waals surface area (Å²) in [5.74, 6) is -1.25. The number of carboxylic acid groups (broad SMARTS) is 1. The zero-order valence-electron chi connectivity index (χ0n) is 17.5. The highest BCUT2D eigenvalue weighted by Crippen LogP contribution is 2.30. The number of carboxylic acids is 1. The van der Waals surface area contributed by atoms with Crippen molar-refractivity contribution in [3.63, 3.8) is 0 Å². The first kappa shape index (κ1) is 22.5. The van der Waals surface area contributed by atoms with Crippen molar-refractivity contribution in [2.24, 2.45) is 0 Å². The molecule has 1 aromatic heterocycles. The summed E-state index contributed by atoms with van der Waals surface area (Å²) < 4.78 is 11.3. The van der Waals surface area contributed by atoms with Gasteiger partial charge in [0.05, 0.1) is 0 Å². The Bertz CT molecular complexity index is 946. The van der Waals surface area contributed by atoms with E-state index in [2.05, 4.69) is 12.2 Å². The van der Waals surface area contributed by atoms with E-state index in [0.29, 0.717) is 28.9 Å². The smallest absolute Gasteiger partial charge is 0.339 e. The molecule has 0 fully saturated rings. The third kappa shape index (κ3) is 5.59. The van der Waals surface area contributed by atoms with Crippen LogP contribution in [0.1, 0.15) is 56.2 Å². The highest BCUT2D eigenvalue weighted by atomic mass is 16.5. The average molecular weight is 403 g/mol. The Morgan fingerprint density at radius 2 is 1.90 bits per heavy atom. The summed E-state index contributed by atoms with van der Waals surface area (Å²) in [7, 11) is 0. The van der Waals surface area contributed by atoms with Crippen molar-refractivity contribution in [1.29, 1.82) is 0 Å². The molecule has 158 valence electrons. The Morgan fingerprint density at radius 1 is 1.17 bits per heavy atom. The molecule has 0 radical (unpaired) electrons. The summed E-state index contributed by atoms with van der Waals surface area (Å²) in [4.78, 5) is 35.1. The standard InChI is InChI=1S/C22H29NO6/c1-5-6-7-8-9-17-13(2)16-10-11-18(14(3)20(16)29-22(17)27)28-15(4)21(26)23-12-19(24)25/h10-11,15H,5-9,12H2,1-4H3,(H,23,26)(H,24,25). The molecule has 2 N–H and O–H groups in total. The number of benzene rings is 1. The fraction of sp³-hybridized carbons (Fsp3) is 0.500. The number of rotatable bonds is 10. The lowest BCUT2D eigenvalue weighted by molar-refractivity contribution is -0.139. The van der Waals surface area contributed by atoms with Gasteiger partial charge in [0.2, 0.25) is 0 Å². The molecule has 29 heavy (non-hydrogen) atoms. The topological polar surface area (TPSA) is 106 Å². The van der Waals surface area contributed by atoms with E-state index in [4.69, 9.17) is 14.3 Å². The maximum Gasteiger partial charge on any atom is 0.339 e. The molecule has 2 rings (SSSR count). The molecule has 1 heterocycles. The first-order valence-electron chi connectivity index (χ1n) is 9.98. The van der Waals surface area contributed by atoms with E-state index >= 15 is 0 Å². The number of unbranched alkanes of at least 4 members (excludes halogenated alkanes) is 3. The molecule has 1 atom stereocenters. The molecule has 1 unspecified atom stereocenters. The number of amides is 1. The van der Waals surface area contributed by atoms with Crippen LogP contribution in [-0.4, -0.2) is 29.6 Å². The van der Waals surface area contributed by atoms with Crippen LogP contribution in [0.2, 0.25) is 0 Å². The van der Waals surface area contributed by atoms with Crippen molar-refractivity contribution in [1.82, 2.24) is 5.32 Å². The highest BCUT2D eigenvalue weighted by molar-refractivity contribution is 5.87. The van der Waals surface area contributed by atoms with E-state index in [0.717, 1.165) is 36.6 Å².